The molecule has 54 valence electrons. The van der Waals surface area contributed by atoms with Crippen LogP contribution in [0.25, 0.3) is 0 Å². The minimum atomic E-state index is -0.373. The van der Waals surface area contributed by atoms with Gasteiger partial charge in [0, 0.05) is 6.61 Å². The van der Waals surface area contributed by atoms with E-state index in [0.717, 1.165) is 0 Å². The first-order valence-electron chi connectivity index (χ1n) is 3.23. The summed E-state index contributed by atoms with van der Waals surface area (Å²) in [4.78, 5) is 0. The van der Waals surface area contributed by atoms with Crippen molar-refractivity contribution in [1.29, 1.82) is 0 Å². The summed E-state index contributed by atoms with van der Waals surface area (Å²) in [7, 11) is 0. The van der Waals surface area contributed by atoms with Crippen molar-refractivity contribution in [3.8, 4) is 0 Å². The lowest BCUT2D eigenvalue weighted by atomic mass is 10.2. The summed E-state index contributed by atoms with van der Waals surface area (Å²) in [5.74, 6) is 0. The molecule has 0 aromatic rings. The number of hydrogen-bond acceptors (Lipinski definition) is 2. The van der Waals surface area contributed by atoms with Gasteiger partial charge in [-0.2, -0.15) is 0 Å². The Morgan fingerprint density at radius 3 is 2.67 bits per heavy atom. The molecular weight excluding hydrogens is 116 g/mol. The van der Waals surface area contributed by atoms with Crippen molar-refractivity contribution in [2.75, 3.05) is 6.61 Å². The second-order valence-corrected chi connectivity index (χ2v) is 1.96. The molecule has 0 saturated carbocycles. The molecule has 0 aliphatic rings. The molecule has 0 bridgehead atoms. The van der Waals surface area contributed by atoms with E-state index in [1.807, 2.05) is 13.0 Å². The van der Waals surface area contributed by atoms with Gasteiger partial charge in [-0.25, -0.2) is 0 Å². The molecule has 0 fully saturated rings. The average molecular weight is 130 g/mol. The second kappa shape index (κ2) is 5.79. The summed E-state index contributed by atoms with van der Waals surface area (Å²) in [6.45, 7) is 2.02. The van der Waals surface area contributed by atoms with Gasteiger partial charge in [-0.05, 0) is 19.8 Å². The molecule has 9 heavy (non-hydrogen) atoms. The maximum atomic E-state index is 8.98. The van der Waals surface area contributed by atoms with Gasteiger partial charge in [0.1, 0.15) is 0 Å². The van der Waals surface area contributed by atoms with E-state index in [4.69, 9.17) is 10.2 Å². The molecule has 0 aromatic heterocycles. The van der Waals surface area contributed by atoms with Crippen molar-refractivity contribution in [1.82, 2.24) is 0 Å². The lowest BCUT2D eigenvalue weighted by molar-refractivity contribution is 0.190. The summed E-state index contributed by atoms with van der Waals surface area (Å²) in [5, 5.41) is 17.3. The first kappa shape index (κ1) is 8.66. The quantitative estimate of drug-likeness (QED) is 0.550. The third-order valence-corrected chi connectivity index (χ3v) is 1.07. The SMILES string of the molecule is C/C=C/C(O)CCCO. The summed E-state index contributed by atoms with van der Waals surface area (Å²) in [6.07, 6.45) is 4.48. The Balaban J connectivity index is 3.15. The van der Waals surface area contributed by atoms with Crippen LogP contribution in [0.2, 0.25) is 0 Å². The van der Waals surface area contributed by atoms with Crippen LogP contribution in [-0.4, -0.2) is 22.9 Å². The maximum absolute atomic E-state index is 8.98. The predicted molar refractivity (Wildman–Crippen MR) is 37.1 cm³/mol. The van der Waals surface area contributed by atoms with Crippen molar-refractivity contribution >= 4 is 0 Å². The largest absolute Gasteiger partial charge is 0.396 e. The van der Waals surface area contributed by atoms with Gasteiger partial charge >= 0.3 is 0 Å². The molecule has 0 heterocycles. The minimum absolute atomic E-state index is 0.161. The fourth-order valence-corrected chi connectivity index (χ4v) is 0.619. The number of aliphatic hydroxyl groups excluding tert-OH is 2. The van der Waals surface area contributed by atoms with Gasteiger partial charge in [0.15, 0.2) is 0 Å². The van der Waals surface area contributed by atoms with Gasteiger partial charge in [-0.3, -0.25) is 0 Å². The zero-order valence-electron chi connectivity index (χ0n) is 5.75. The van der Waals surface area contributed by atoms with Gasteiger partial charge in [-0.1, -0.05) is 12.2 Å². The maximum Gasteiger partial charge on any atom is 0.0721 e. The van der Waals surface area contributed by atoms with Crippen LogP contribution >= 0.6 is 0 Å². The Morgan fingerprint density at radius 2 is 2.22 bits per heavy atom. The van der Waals surface area contributed by atoms with Crippen LogP contribution in [0.5, 0.6) is 0 Å². The molecule has 0 aromatic carbocycles. The summed E-state index contributed by atoms with van der Waals surface area (Å²) >= 11 is 0. The van der Waals surface area contributed by atoms with E-state index >= 15 is 0 Å². The van der Waals surface area contributed by atoms with E-state index < -0.39 is 0 Å². The van der Waals surface area contributed by atoms with Gasteiger partial charge < -0.3 is 10.2 Å². The number of aliphatic hydroxyl groups is 2. The lowest BCUT2D eigenvalue weighted by Gasteiger charge is -2.01. The van der Waals surface area contributed by atoms with Crippen LogP contribution < -0.4 is 0 Å². The molecule has 0 rings (SSSR count). The highest BCUT2D eigenvalue weighted by Gasteiger charge is 1.95. The Kier molecular flexibility index (Phi) is 5.57. The van der Waals surface area contributed by atoms with Crippen molar-refractivity contribution < 1.29 is 10.2 Å². The minimum Gasteiger partial charge on any atom is -0.396 e. The molecule has 1 atom stereocenters. The molecule has 1 unspecified atom stereocenters. The average Bonchev–Trinajstić information content (AvgIpc) is 1.85. The normalized spacial score (nSPS) is 14.6. The van der Waals surface area contributed by atoms with Gasteiger partial charge in [-0.15, -0.1) is 0 Å². The Labute approximate surface area is 55.8 Å². The van der Waals surface area contributed by atoms with E-state index in [9.17, 15) is 0 Å². The molecule has 0 saturated heterocycles. The second-order valence-electron chi connectivity index (χ2n) is 1.96. The predicted octanol–water partition coefficient (Wildman–Crippen LogP) is 0.696. The van der Waals surface area contributed by atoms with Crippen molar-refractivity contribution in [2.24, 2.45) is 0 Å². The van der Waals surface area contributed by atoms with Crippen LogP contribution in [-0.2, 0) is 0 Å². The molecule has 0 radical (unpaired) electrons. The number of rotatable bonds is 4. The van der Waals surface area contributed by atoms with Crippen LogP contribution in [0.15, 0.2) is 12.2 Å². The Morgan fingerprint density at radius 1 is 1.56 bits per heavy atom. The van der Waals surface area contributed by atoms with E-state index in [1.165, 1.54) is 0 Å². The van der Waals surface area contributed by atoms with Gasteiger partial charge in [0.05, 0.1) is 6.10 Å². The summed E-state index contributed by atoms with van der Waals surface area (Å²) in [6, 6.07) is 0. The molecule has 0 aliphatic heterocycles. The number of allylic oxidation sites excluding steroid dienone is 1. The van der Waals surface area contributed by atoms with E-state index in [0.29, 0.717) is 12.8 Å². The third kappa shape index (κ3) is 5.53. The number of hydrogen-bond donors (Lipinski definition) is 2. The van der Waals surface area contributed by atoms with Crippen LogP contribution in [0.3, 0.4) is 0 Å². The molecule has 2 heteroatoms. The fourth-order valence-electron chi connectivity index (χ4n) is 0.619. The Bertz CT molecular complexity index is 79.0. The highest BCUT2D eigenvalue weighted by molar-refractivity contribution is 4.84. The van der Waals surface area contributed by atoms with E-state index in [2.05, 4.69) is 0 Å². The summed E-state index contributed by atoms with van der Waals surface area (Å²) in [5.41, 5.74) is 0. The van der Waals surface area contributed by atoms with Crippen LogP contribution in [0, 0.1) is 0 Å². The highest BCUT2D eigenvalue weighted by atomic mass is 16.3. The van der Waals surface area contributed by atoms with Crippen LogP contribution in [0.1, 0.15) is 19.8 Å². The lowest BCUT2D eigenvalue weighted by Crippen LogP contribution is -2.02. The van der Waals surface area contributed by atoms with Gasteiger partial charge in [0.2, 0.25) is 0 Å². The fraction of sp³-hybridized carbons (Fsp3) is 0.714. The first-order chi connectivity index (χ1) is 4.31. The van der Waals surface area contributed by atoms with Crippen molar-refractivity contribution in [2.45, 2.75) is 25.9 Å². The van der Waals surface area contributed by atoms with E-state index in [-0.39, 0.29) is 12.7 Å². The van der Waals surface area contributed by atoms with Gasteiger partial charge in [0.25, 0.3) is 0 Å². The zero-order chi connectivity index (χ0) is 7.11. The zero-order valence-corrected chi connectivity index (χ0v) is 5.75. The molecule has 2 N–H and O–H groups in total. The molecule has 0 spiro atoms. The molecule has 2 nitrogen and oxygen atoms in total. The molecular formula is C7H14O2. The first-order valence-corrected chi connectivity index (χ1v) is 3.23. The summed E-state index contributed by atoms with van der Waals surface area (Å²) < 4.78 is 0. The smallest absolute Gasteiger partial charge is 0.0721 e. The molecule has 0 aliphatic carbocycles. The van der Waals surface area contributed by atoms with Crippen LogP contribution in [0.4, 0.5) is 0 Å². The standard InChI is InChI=1S/C7H14O2/c1-2-4-7(9)5-3-6-8/h2,4,7-9H,3,5-6H2,1H3/b4-2+. The third-order valence-electron chi connectivity index (χ3n) is 1.07. The van der Waals surface area contributed by atoms with Crippen molar-refractivity contribution in [3.63, 3.8) is 0 Å². The van der Waals surface area contributed by atoms with Crippen molar-refractivity contribution in [3.05, 3.63) is 12.2 Å². The topological polar surface area (TPSA) is 40.5 Å². The monoisotopic (exact) mass is 130 g/mol. The Hall–Kier alpha value is -0.340. The van der Waals surface area contributed by atoms with E-state index in [1.54, 1.807) is 6.08 Å². The highest BCUT2D eigenvalue weighted by Crippen LogP contribution is 1.96. The molecule has 0 amide bonds.